The van der Waals surface area contributed by atoms with Gasteiger partial charge in [0.05, 0.1) is 0 Å². The molecule has 0 aliphatic heterocycles. The first-order valence-electron chi connectivity index (χ1n) is 7.14. The summed E-state index contributed by atoms with van der Waals surface area (Å²) < 4.78 is 15.9. The third kappa shape index (κ3) is 2.39. The summed E-state index contributed by atoms with van der Waals surface area (Å²) in [7, 11) is 0. The number of benzene rings is 2. The Kier molecular flexibility index (Phi) is 3.48. The molecule has 4 nitrogen and oxygen atoms in total. The van der Waals surface area contributed by atoms with E-state index < -0.39 is 0 Å². The summed E-state index contributed by atoms with van der Waals surface area (Å²) >= 11 is 0. The van der Waals surface area contributed by atoms with Gasteiger partial charge in [0.25, 0.3) is 0 Å². The van der Waals surface area contributed by atoms with Gasteiger partial charge in [-0.2, -0.15) is 5.10 Å². The standard InChI is InChI=1S/C17H17FN2O2/c1-10(2)9-20-17-13(4-3-5-14(17)18)16(19-20)12-7-6-11(21)8-15(12)22/h3-8,10,21-22H,9H2,1-2H3. The Morgan fingerprint density at radius 1 is 1.18 bits per heavy atom. The smallest absolute Gasteiger partial charge is 0.149 e. The average Bonchev–Trinajstić information content (AvgIpc) is 2.78. The highest BCUT2D eigenvalue weighted by Gasteiger charge is 2.18. The summed E-state index contributed by atoms with van der Waals surface area (Å²) in [6, 6.07) is 9.12. The zero-order valence-corrected chi connectivity index (χ0v) is 12.4. The molecule has 0 unspecified atom stereocenters. The molecule has 0 amide bonds. The van der Waals surface area contributed by atoms with Gasteiger partial charge in [-0.3, -0.25) is 4.68 Å². The lowest BCUT2D eigenvalue weighted by Crippen LogP contribution is -2.06. The molecule has 0 radical (unpaired) electrons. The summed E-state index contributed by atoms with van der Waals surface area (Å²) in [6.45, 7) is 4.65. The molecular formula is C17H17FN2O2. The van der Waals surface area contributed by atoms with Gasteiger partial charge >= 0.3 is 0 Å². The van der Waals surface area contributed by atoms with Crippen molar-refractivity contribution in [1.29, 1.82) is 0 Å². The Bertz CT molecular complexity index is 840. The number of fused-ring (bicyclic) bond motifs is 1. The van der Waals surface area contributed by atoms with E-state index >= 15 is 0 Å². The lowest BCUT2D eigenvalue weighted by atomic mass is 10.1. The minimum Gasteiger partial charge on any atom is -0.508 e. The van der Waals surface area contributed by atoms with Crippen LogP contribution < -0.4 is 0 Å². The molecule has 0 saturated carbocycles. The van der Waals surface area contributed by atoms with Crippen molar-refractivity contribution in [2.75, 3.05) is 0 Å². The molecule has 0 fully saturated rings. The van der Waals surface area contributed by atoms with Gasteiger partial charge in [0, 0.05) is 23.6 Å². The van der Waals surface area contributed by atoms with Gasteiger partial charge in [-0.1, -0.05) is 26.0 Å². The fourth-order valence-electron chi connectivity index (χ4n) is 2.59. The third-order valence-corrected chi connectivity index (χ3v) is 3.50. The quantitative estimate of drug-likeness (QED) is 0.771. The highest BCUT2D eigenvalue weighted by atomic mass is 19.1. The van der Waals surface area contributed by atoms with Crippen LogP contribution in [0.1, 0.15) is 13.8 Å². The van der Waals surface area contributed by atoms with Crippen LogP contribution in [0.15, 0.2) is 36.4 Å². The molecule has 114 valence electrons. The monoisotopic (exact) mass is 300 g/mol. The first-order valence-corrected chi connectivity index (χ1v) is 7.14. The van der Waals surface area contributed by atoms with E-state index in [1.54, 1.807) is 22.9 Å². The molecule has 0 bridgehead atoms. The Hall–Kier alpha value is -2.56. The molecule has 2 aromatic carbocycles. The van der Waals surface area contributed by atoms with Gasteiger partial charge in [-0.25, -0.2) is 4.39 Å². The zero-order valence-electron chi connectivity index (χ0n) is 12.4. The number of hydrogen-bond donors (Lipinski definition) is 2. The fraction of sp³-hybridized carbons (Fsp3) is 0.235. The van der Waals surface area contributed by atoms with Crippen LogP contribution in [0.4, 0.5) is 4.39 Å². The van der Waals surface area contributed by atoms with E-state index in [4.69, 9.17) is 0 Å². The summed E-state index contributed by atoms with van der Waals surface area (Å²) in [5.74, 6) is -0.141. The summed E-state index contributed by atoms with van der Waals surface area (Å²) in [5, 5.41) is 24.6. The zero-order chi connectivity index (χ0) is 15.9. The minimum atomic E-state index is -0.338. The third-order valence-electron chi connectivity index (χ3n) is 3.50. The maximum atomic E-state index is 14.2. The van der Waals surface area contributed by atoms with Crippen LogP contribution in [-0.4, -0.2) is 20.0 Å². The summed E-state index contributed by atoms with van der Waals surface area (Å²) in [4.78, 5) is 0. The van der Waals surface area contributed by atoms with Gasteiger partial charge < -0.3 is 10.2 Å². The lowest BCUT2D eigenvalue weighted by molar-refractivity contribution is 0.451. The van der Waals surface area contributed by atoms with Crippen molar-refractivity contribution in [1.82, 2.24) is 9.78 Å². The molecule has 3 rings (SSSR count). The van der Waals surface area contributed by atoms with Gasteiger partial charge in [-0.15, -0.1) is 0 Å². The first-order chi connectivity index (χ1) is 10.5. The predicted octanol–water partition coefficient (Wildman–Crippen LogP) is 3.91. The maximum Gasteiger partial charge on any atom is 0.149 e. The van der Waals surface area contributed by atoms with E-state index in [1.807, 2.05) is 13.8 Å². The highest BCUT2D eigenvalue weighted by molar-refractivity contribution is 5.95. The molecular weight excluding hydrogens is 283 g/mol. The van der Waals surface area contributed by atoms with Gasteiger partial charge in [0.2, 0.25) is 0 Å². The van der Waals surface area contributed by atoms with E-state index in [9.17, 15) is 14.6 Å². The topological polar surface area (TPSA) is 58.3 Å². The number of hydrogen-bond acceptors (Lipinski definition) is 3. The molecule has 22 heavy (non-hydrogen) atoms. The highest BCUT2D eigenvalue weighted by Crippen LogP contribution is 2.36. The molecule has 0 aliphatic carbocycles. The van der Waals surface area contributed by atoms with E-state index in [0.717, 1.165) is 0 Å². The Labute approximate surface area is 127 Å². The molecule has 0 spiro atoms. The lowest BCUT2D eigenvalue weighted by Gasteiger charge is -2.06. The number of aromatic hydroxyl groups is 2. The number of rotatable bonds is 3. The number of aromatic nitrogens is 2. The van der Waals surface area contributed by atoms with Crippen molar-refractivity contribution in [3.63, 3.8) is 0 Å². The van der Waals surface area contributed by atoms with E-state index in [2.05, 4.69) is 5.10 Å². The van der Waals surface area contributed by atoms with Crippen molar-refractivity contribution in [2.24, 2.45) is 5.92 Å². The minimum absolute atomic E-state index is 0.0293. The van der Waals surface area contributed by atoms with E-state index in [1.165, 1.54) is 18.2 Å². The van der Waals surface area contributed by atoms with Gasteiger partial charge in [0.15, 0.2) is 0 Å². The fourth-order valence-corrected chi connectivity index (χ4v) is 2.59. The number of phenols is 2. The van der Waals surface area contributed by atoms with Crippen molar-refractivity contribution in [3.05, 3.63) is 42.2 Å². The van der Waals surface area contributed by atoms with Crippen molar-refractivity contribution < 1.29 is 14.6 Å². The van der Waals surface area contributed by atoms with Crippen molar-refractivity contribution >= 4 is 10.9 Å². The normalized spacial score (nSPS) is 11.5. The predicted molar refractivity (Wildman–Crippen MR) is 83.3 cm³/mol. The number of para-hydroxylation sites is 1. The second-order valence-corrected chi connectivity index (χ2v) is 5.76. The van der Waals surface area contributed by atoms with Crippen LogP contribution >= 0.6 is 0 Å². The summed E-state index contributed by atoms with van der Waals surface area (Å²) in [5.41, 5.74) is 1.40. The Balaban J connectivity index is 2.28. The molecule has 1 heterocycles. The average molecular weight is 300 g/mol. The van der Waals surface area contributed by atoms with Crippen LogP contribution in [0.25, 0.3) is 22.2 Å². The van der Waals surface area contributed by atoms with E-state index in [0.29, 0.717) is 34.6 Å². The number of halogens is 1. The van der Waals surface area contributed by atoms with Crippen molar-refractivity contribution in [2.45, 2.75) is 20.4 Å². The Morgan fingerprint density at radius 3 is 2.64 bits per heavy atom. The van der Waals surface area contributed by atoms with E-state index in [-0.39, 0.29) is 17.3 Å². The van der Waals surface area contributed by atoms with Crippen LogP contribution in [-0.2, 0) is 6.54 Å². The molecule has 0 saturated heterocycles. The van der Waals surface area contributed by atoms with Crippen LogP contribution in [0, 0.1) is 11.7 Å². The first kappa shape index (κ1) is 14.4. The number of nitrogens with zero attached hydrogens (tertiary/aromatic N) is 2. The molecule has 0 atom stereocenters. The van der Waals surface area contributed by atoms with Gasteiger partial charge in [-0.05, 0) is 24.1 Å². The maximum absolute atomic E-state index is 14.2. The molecule has 2 N–H and O–H groups in total. The van der Waals surface area contributed by atoms with Crippen LogP contribution in [0.2, 0.25) is 0 Å². The molecule has 5 heteroatoms. The van der Waals surface area contributed by atoms with Crippen molar-refractivity contribution in [3.8, 4) is 22.8 Å². The van der Waals surface area contributed by atoms with Crippen LogP contribution in [0.3, 0.4) is 0 Å². The van der Waals surface area contributed by atoms with Crippen LogP contribution in [0.5, 0.6) is 11.5 Å². The molecule has 3 aromatic rings. The molecule has 1 aromatic heterocycles. The second kappa shape index (κ2) is 5.33. The summed E-state index contributed by atoms with van der Waals surface area (Å²) in [6.07, 6.45) is 0. The SMILES string of the molecule is CC(C)Cn1nc(-c2ccc(O)cc2O)c2cccc(F)c21. The Morgan fingerprint density at radius 2 is 1.95 bits per heavy atom. The molecule has 0 aliphatic rings. The largest absolute Gasteiger partial charge is 0.508 e. The number of phenolic OH excluding ortho intramolecular Hbond substituents is 2. The second-order valence-electron chi connectivity index (χ2n) is 5.76. The van der Waals surface area contributed by atoms with Gasteiger partial charge in [0.1, 0.15) is 28.5 Å².